The Hall–Kier alpha value is -1.31. The molecule has 20 heavy (non-hydrogen) atoms. The van der Waals surface area contributed by atoms with E-state index in [0.29, 0.717) is 0 Å². The maximum Gasteiger partial charge on any atom is 0.0926 e. The van der Waals surface area contributed by atoms with Crippen LogP contribution in [-0.2, 0) is 6.42 Å². The SMILES string of the molecule is CCCCCCCCCCc1[nH]nc2cccc(C)c12. The number of H-pyrrole nitrogens is 1. The van der Waals surface area contributed by atoms with E-state index in [-0.39, 0.29) is 0 Å². The van der Waals surface area contributed by atoms with Gasteiger partial charge in [-0.05, 0) is 31.4 Å². The highest BCUT2D eigenvalue weighted by molar-refractivity contribution is 5.84. The molecule has 2 heteroatoms. The van der Waals surface area contributed by atoms with Crippen LogP contribution in [0.5, 0.6) is 0 Å². The Morgan fingerprint density at radius 2 is 1.65 bits per heavy atom. The van der Waals surface area contributed by atoms with E-state index in [1.165, 1.54) is 68.0 Å². The minimum atomic E-state index is 1.11. The van der Waals surface area contributed by atoms with Gasteiger partial charge in [-0.15, -0.1) is 0 Å². The second-order valence-corrected chi connectivity index (χ2v) is 5.90. The lowest BCUT2D eigenvalue weighted by molar-refractivity contribution is 0.574. The number of nitrogens with zero attached hydrogens (tertiary/aromatic N) is 1. The molecule has 0 amide bonds. The Labute approximate surface area is 123 Å². The summed E-state index contributed by atoms with van der Waals surface area (Å²) in [6.45, 7) is 4.45. The molecule has 0 saturated carbocycles. The van der Waals surface area contributed by atoms with Crippen LogP contribution >= 0.6 is 0 Å². The standard InChI is InChI=1S/C18H28N2/c1-3-4-5-6-7-8-9-10-13-16-18-15(2)12-11-14-17(18)20-19-16/h11-12,14H,3-10,13H2,1-2H3,(H,19,20). The van der Waals surface area contributed by atoms with E-state index in [4.69, 9.17) is 0 Å². The lowest BCUT2D eigenvalue weighted by atomic mass is 10.0. The van der Waals surface area contributed by atoms with Crippen LogP contribution in [0, 0.1) is 6.92 Å². The molecule has 1 aromatic carbocycles. The summed E-state index contributed by atoms with van der Waals surface area (Å²) in [7, 11) is 0. The number of unbranched alkanes of at least 4 members (excludes halogenated alkanes) is 7. The van der Waals surface area contributed by atoms with Crippen molar-refractivity contribution in [3.05, 3.63) is 29.5 Å². The zero-order chi connectivity index (χ0) is 14.2. The van der Waals surface area contributed by atoms with Gasteiger partial charge in [0.15, 0.2) is 0 Å². The molecule has 2 aromatic rings. The van der Waals surface area contributed by atoms with Gasteiger partial charge in [0.2, 0.25) is 0 Å². The molecular weight excluding hydrogens is 244 g/mol. The highest BCUT2D eigenvalue weighted by Crippen LogP contribution is 2.21. The Morgan fingerprint density at radius 1 is 0.950 bits per heavy atom. The van der Waals surface area contributed by atoms with Crippen molar-refractivity contribution in [2.75, 3.05) is 0 Å². The third-order valence-electron chi connectivity index (χ3n) is 4.14. The van der Waals surface area contributed by atoms with Crippen LogP contribution in [-0.4, -0.2) is 10.2 Å². The zero-order valence-corrected chi connectivity index (χ0v) is 13.0. The van der Waals surface area contributed by atoms with Crippen molar-refractivity contribution >= 4 is 10.9 Å². The summed E-state index contributed by atoms with van der Waals surface area (Å²) in [5.74, 6) is 0. The summed E-state index contributed by atoms with van der Waals surface area (Å²) in [4.78, 5) is 0. The van der Waals surface area contributed by atoms with Gasteiger partial charge in [0.25, 0.3) is 0 Å². The molecule has 0 bridgehead atoms. The van der Waals surface area contributed by atoms with Gasteiger partial charge in [0.1, 0.15) is 0 Å². The van der Waals surface area contributed by atoms with Crippen LogP contribution in [0.15, 0.2) is 18.2 Å². The summed E-state index contributed by atoms with van der Waals surface area (Å²) in [6, 6.07) is 6.35. The molecule has 0 aliphatic heterocycles. The van der Waals surface area contributed by atoms with Crippen LogP contribution < -0.4 is 0 Å². The van der Waals surface area contributed by atoms with Crippen molar-refractivity contribution in [3.63, 3.8) is 0 Å². The molecule has 2 rings (SSSR count). The first-order chi connectivity index (χ1) is 9.83. The van der Waals surface area contributed by atoms with Gasteiger partial charge >= 0.3 is 0 Å². The second kappa shape index (κ2) is 8.08. The summed E-state index contributed by atoms with van der Waals surface area (Å²) < 4.78 is 0. The highest BCUT2D eigenvalue weighted by atomic mass is 15.1. The number of rotatable bonds is 9. The molecule has 0 aliphatic rings. The molecule has 1 heterocycles. The molecule has 0 radical (unpaired) electrons. The van der Waals surface area contributed by atoms with Crippen molar-refractivity contribution in [3.8, 4) is 0 Å². The Morgan fingerprint density at radius 3 is 2.40 bits per heavy atom. The molecule has 1 N–H and O–H groups in total. The normalized spacial score (nSPS) is 11.3. The summed E-state index contributed by atoms with van der Waals surface area (Å²) in [6.07, 6.45) is 12.1. The molecule has 0 fully saturated rings. The maximum absolute atomic E-state index is 4.40. The number of aryl methyl sites for hydroxylation is 2. The monoisotopic (exact) mass is 272 g/mol. The summed E-state index contributed by atoms with van der Waals surface area (Å²) in [5.41, 5.74) is 3.77. The third-order valence-corrected chi connectivity index (χ3v) is 4.14. The maximum atomic E-state index is 4.40. The predicted molar refractivity (Wildman–Crippen MR) is 87.1 cm³/mol. The largest absolute Gasteiger partial charge is 0.281 e. The molecule has 0 atom stereocenters. The average Bonchev–Trinajstić information content (AvgIpc) is 2.86. The zero-order valence-electron chi connectivity index (χ0n) is 13.0. The van der Waals surface area contributed by atoms with E-state index in [2.05, 4.69) is 42.2 Å². The fourth-order valence-corrected chi connectivity index (χ4v) is 2.94. The van der Waals surface area contributed by atoms with Crippen molar-refractivity contribution in [2.45, 2.75) is 71.6 Å². The van der Waals surface area contributed by atoms with Crippen LogP contribution in [0.2, 0.25) is 0 Å². The average molecular weight is 272 g/mol. The molecule has 2 nitrogen and oxygen atoms in total. The molecule has 0 aliphatic carbocycles. The fraction of sp³-hybridized carbons (Fsp3) is 0.611. The third kappa shape index (κ3) is 4.09. The number of aromatic nitrogens is 2. The van der Waals surface area contributed by atoms with E-state index in [0.717, 1.165) is 11.9 Å². The molecule has 0 spiro atoms. The van der Waals surface area contributed by atoms with Gasteiger partial charge in [-0.2, -0.15) is 5.10 Å². The summed E-state index contributed by atoms with van der Waals surface area (Å²) in [5, 5.41) is 8.97. The van der Waals surface area contributed by atoms with E-state index in [9.17, 15) is 0 Å². The number of aromatic amines is 1. The quantitative estimate of drug-likeness (QED) is 0.595. The van der Waals surface area contributed by atoms with Crippen LogP contribution in [0.25, 0.3) is 10.9 Å². The fourth-order valence-electron chi connectivity index (χ4n) is 2.94. The van der Waals surface area contributed by atoms with Gasteiger partial charge < -0.3 is 0 Å². The van der Waals surface area contributed by atoms with Gasteiger partial charge in [-0.1, -0.05) is 64.0 Å². The van der Waals surface area contributed by atoms with Crippen LogP contribution in [0.1, 0.15) is 69.5 Å². The minimum Gasteiger partial charge on any atom is -0.281 e. The second-order valence-electron chi connectivity index (χ2n) is 5.90. The number of nitrogens with one attached hydrogen (secondary N) is 1. The molecule has 110 valence electrons. The summed E-state index contributed by atoms with van der Waals surface area (Å²) >= 11 is 0. The predicted octanol–water partition coefficient (Wildman–Crippen LogP) is 5.55. The first kappa shape index (κ1) is 15.1. The van der Waals surface area contributed by atoms with Crippen molar-refractivity contribution in [2.24, 2.45) is 0 Å². The molecule has 0 saturated heterocycles. The number of benzene rings is 1. The lowest BCUT2D eigenvalue weighted by Gasteiger charge is -2.02. The van der Waals surface area contributed by atoms with Crippen molar-refractivity contribution < 1.29 is 0 Å². The van der Waals surface area contributed by atoms with Crippen molar-refractivity contribution in [1.82, 2.24) is 10.2 Å². The van der Waals surface area contributed by atoms with Gasteiger partial charge in [0.05, 0.1) is 5.52 Å². The number of hydrogen-bond acceptors (Lipinski definition) is 1. The molecular formula is C18H28N2. The van der Waals surface area contributed by atoms with Crippen molar-refractivity contribution in [1.29, 1.82) is 0 Å². The topological polar surface area (TPSA) is 28.7 Å². The minimum absolute atomic E-state index is 1.11. The molecule has 1 aromatic heterocycles. The highest BCUT2D eigenvalue weighted by Gasteiger charge is 2.06. The van der Waals surface area contributed by atoms with Gasteiger partial charge in [-0.25, -0.2) is 0 Å². The van der Waals surface area contributed by atoms with E-state index >= 15 is 0 Å². The Balaban J connectivity index is 1.71. The van der Waals surface area contributed by atoms with E-state index < -0.39 is 0 Å². The Kier molecular flexibility index (Phi) is 6.10. The lowest BCUT2D eigenvalue weighted by Crippen LogP contribution is -1.89. The van der Waals surface area contributed by atoms with E-state index in [1.807, 2.05) is 0 Å². The number of hydrogen-bond donors (Lipinski definition) is 1. The van der Waals surface area contributed by atoms with E-state index in [1.54, 1.807) is 0 Å². The van der Waals surface area contributed by atoms with Crippen LogP contribution in [0.3, 0.4) is 0 Å². The smallest absolute Gasteiger partial charge is 0.0926 e. The first-order valence-corrected chi connectivity index (χ1v) is 8.25. The van der Waals surface area contributed by atoms with Crippen LogP contribution in [0.4, 0.5) is 0 Å². The first-order valence-electron chi connectivity index (χ1n) is 8.25. The molecule has 0 unspecified atom stereocenters. The number of fused-ring (bicyclic) bond motifs is 1. The van der Waals surface area contributed by atoms with Gasteiger partial charge in [0, 0.05) is 11.1 Å². The van der Waals surface area contributed by atoms with Gasteiger partial charge in [-0.3, -0.25) is 5.10 Å². The Bertz CT molecular complexity index is 513.